The van der Waals surface area contributed by atoms with Gasteiger partial charge < -0.3 is 20.0 Å². The Morgan fingerprint density at radius 3 is 2.03 bits per heavy atom. The molecule has 0 aromatic carbocycles. The number of amides is 1. The van der Waals surface area contributed by atoms with Crippen molar-refractivity contribution in [2.45, 2.75) is 18.9 Å². The predicted molar refractivity (Wildman–Crippen MR) is 115 cm³/mol. The molecule has 2 N–H and O–H groups in total. The van der Waals surface area contributed by atoms with Gasteiger partial charge in [-0.05, 0) is 23.8 Å². The minimum Gasteiger partial charge on any atom is -0.475 e. The Morgan fingerprint density at radius 2 is 1.61 bits per heavy atom. The van der Waals surface area contributed by atoms with Gasteiger partial charge in [-0.3, -0.25) is 9.78 Å². The zero-order valence-electron chi connectivity index (χ0n) is 19.1. The summed E-state index contributed by atoms with van der Waals surface area (Å²) in [5.41, 5.74) is 1.62. The molecule has 0 bridgehead atoms. The number of carbonyl (C=O) groups excluding carboxylic acids is 1. The van der Waals surface area contributed by atoms with Crippen molar-refractivity contribution in [3.63, 3.8) is 0 Å². The van der Waals surface area contributed by atoms with Gasteiger partial charge in [0.25, 0.3) is 0 Å². The summed E-state index contributed by atoms with van der Waals surface area (Å²) in [5.74, 6) is -4.07. The number of hydrogen-bond donors (Lipinski definition) is 2. The van der Waals surface area contributed by atoms with E-state index in [1.807, 2.05) is 29.3 Å². The summed E-state index contributed by atoms with van der Waals surface area (Å²) in [6, 6.07) is 9.60. The Balaban J connectivity index is 0.000000301. The summed E-state index contributed by atoms with van der Waals surface area (Å²) >= 11 is 0. The molecule has 2 aromatic heterocycles. The summed E-state index contributed by atoms with van der Waals surface area (Å²) in [5, 5.41) is 23.1. The molecule has 2 aliphatic heterocycles. The molecule has 4 heterocycles. The molecule has 1 amide bonds. The number of carboxylic acids is 2. The number of hydrogen-bond acceptors (Lipinski definition) is 7. The van der Waals surface area contributed by atoms with Crippen molar-refractivity contribution < 1.29 is 50.9 Å². The second-order valence-corrected chi connectivity index (χ2v) is 7.97. The molecule has 10 nitrogen and oxygen atoms in total. The lowest BCUT2D eigenvalue weighted by Gasteiger charge is -2.22. The van der Waals surface area contributed by atoms with Crippen molar-refractivity contribution in [3.05, 3.63) is 54.0 Å². The maximum atomic E-state index is 12.7. The van der Waals surface area contributed by atoms with Crippen LogP contribution in [-0.2, 0) is 20.9 Å². The molecule has 2 aliphatic rings. The highest BCUT2D eigenvalue weighted by Gasteiger charge is 2.46. The Bertz CT molecular complexity index is 1140. The average molecular weight is 547 g/mol. The number of carbonyl (C=O) groups is 3. The molecule has 0 radical (unpaired) electrons. The van der Waals surface area contributed by atoms with Gasteiger partial charge in [0.1, 0.15) is 11.9 Å². The smallest absolute Gasteiger partial charge is 0.475 e. The lowest BCUT2D eigenvalue weighted by molar-refractivity contribution is -0.193. The van der Waals surface area contributed by atoms with Crippen LogP contribution in [0.25, 0.3) is 0 Å². The van der Waals surface area contributed by atoms with Gasteiger partial charge in [0.05, 0.1) is 11.5 Å². The summed E-state index contributed by atoms with van der Waals surface area (Å²) in [4.78, 5) is 43.0. The lowest BCUT2D eigenvalue weighted by atomic mass is 10.0. The molecule has 0 unspecified atom stereocenters. The van der Waals surface area contributed by atoms with Gasteiger partial charge in [0.15, 0.2) is 0 Å². The molecule has 2 saturated heterocycles. The van der Waals surface area contributed by atoms with E-state index in [0.29, 0.717) is 24.6 Å². The number of nitriles is 1. The first-order chi connectivity index (χ1) is 17.6. The highest BCUT2D eigenvalue weighted by molar-refractivity contribution is 5.83. The summed E-state index contributed by atoms with van der Waals surface area (Å²) in [7, 11) is 0. The molecule has 2 fully saturated rings. The number of alkyl halides is 6. The second kappa shape index (κ2) is 12.2. The molecule has 2 atom stereocenters. The Labute approximate surface area is 210 Å². The number of halogens is 6. The van der Waals surface area contributed by atoms with Crippen molar-refractivity contribution in [2.24, 2.45) is 11.8 Å². The SMILES string of the molecule is N#Cc1ccc(N2C[C@H]3CN(Cc4cccnc4)C(=O)[C@H]3C2)nc1.O=C(O)C(F)(F)F.O=C(O)C(F)(F)F. The Morgan fingerprint density at radius 1 is 1.00 bits per heavy atom. The number of aliphatic carboxylic acids is 2. The van der Waals surface area contributed by atoms with Crippen LogP contribution >= 0.6 is 0 Å². The van der Waals surface area contributed by atoms with Crippen molar-refractivity contribution >= 4 is 23.7 Å². The van der Waals surface area contributed by atoms with E-state index >= 15 is 0 Å². The number of aromatic nitrogens is 2. The highest BCUT2D eigenvalue weighted by atomic mass is 19.4. The first-order valence-corrected chi connectivity index (χ1v) is 10.5. The van der Waals surface area contributed by atoms with Crippen molar-refractivity contribution in [1.82, 2.24) is 14.9 Å². The molecule has 0 spiro atoms. The molecule has 4 rings (SSSR count). The number of anilines is 1. The zero-order valence-corrected chi connectivity index (χ0v) is 19.1. The zero-order chi connectivity index (χ0) is 28.7. The summed E-state index contributed by atoms with van der Waals surface area (Å²) < 4.78 is 63.5. The fourth-order valence-corrected chi connectivity index (χ4v) is 3.62. The number of nitrogens with zero attached hydrogens (tertiary/aromatic N) is 5. The van der Waals surface area contributed by atoms with E-state index in [9.17, 15) is 31.1 Å². The van der Waals surface area contributed by atoms with Crippen LogP contribution in [0.5, 0.6) is 0 Å². The van der Waals surface area contributed by atoms with Crippen LogP contribution in [0, 0.1) is 23.2 Å². The Kier molecular flexibility index (Phi) is 9.58. The van der Waals surface area contributed by atoms with E-state index in [1.165, 1.54) is 0 Å². The van der Waals surface area contributed by atoms with E-state index in [4.69, 9.17) is 25.1 Å². The maximum absolute atomic E-state index is 12.7. The van der Waals surface area contributed by atoms with Crippen molar-refractivity contribution in [3.8, 4) is 6.07 Å². The van der Waals surface area contributed by atoms with Gasteiger partial charge in [0, 0.05) is 50.7 Å². The van der Waals surface area contributed by atoms with Crippen molar-refractivity contribution in [2.75, 3.05) is 24.5 Å². The minimum absolute atomic E-state index is 0.0408. The largest absolute Gasteiger partial charge is 0.490 e. The average Bonchev–Trinajstić information content (AvgIpc) is 3.38. The van der Waals surface area contributed by atoms with Crippen LogP contribution in [0.3, 0.4) is 0 Å². The quantitative estimate of drug-likeness (QED) is 0.554. The monoisotopic (exact) mass is 547 g/mol. The molecule has 0 aliphatic carbocycles. The first-order valence-electron chi connectivity index (χ1n) is 10.5. The summed E-state index contributed by atoms with van der Waals surface area (Å²) in [6.45, 7) is 2.95. The number of carboxylic acid groups (broad SMARTS) is 2. The van der Waals surface area contributed by atoms with Gasteiger partial charge >= 0.3 is 24.3 Å². The van der Waals surface area contributed by atoms with Crippen LogP contribution in [0.4, 0.5) is 32.2 Å². The molecule has 0 saturated carbocycles. The normalized spacial score (nSPS) is 18.4. The topological polar surface area (TPSA) is 148 Å². The number of fused-ring (bicyclic) bond motifs is 1. The number of rotatable bonds is 3. The van der Waals surface area contributed by atoms with Gasteiger partial charge in [0.2, 0.25) is 5.91 Å². The fraction of sp³-hybridized carbons (Fsp3) is 0.364. The fourth-order valence-electron chi connectivity index (χ4n) is 3.62. The predicted octanol–water partition coefficient (Wildman–Crippen LogP) is 2.71. The van der Waals surface area contributed by atoms with Gasteiger partial charge in [-0.15, -0.1) is 0 Å². The molecule has 204 valence electrons. The van der Waals surface area contributed by atoms with E-state index in [1.54, 1.807) is 18.5 Å². The molecule has 2 aromatic rings. The van der Waals surface area contributed by atoms with Gasteiger partial charge in [-0.1, -0.05) is 6.07 Å². The van der Waals surface area contributed by atoms with Gasteiger partial charge in [-0.2, -0.15) is 31.6 Å². The third kappa shape index (κ3) is 8.32. The second-order valence-electron chi connectivity index (χ2n) is 7.97. The molecular formula is C22H19F6N5O5. The number of likely N-dealkylation sites (tertiary alicyclic amines) is 1. The van der Waals surface area contributed by atoms with E-state index < -0.39 is 24.3 Å². The number of pyridine rings is 2. The van der Waals surface area contributed by atoms with E-state index in [2.05, 4.69) is 20.9 Å². The third-order valence-electron chi connectivity index (χ3n) is 5.31. The molecule has 16 heteroatoms. The maximum Gasteiger partial charge on any atom is 0.490 e. The van der Waals surface area contributed by atoms with Crippen LogP contribution in [-0.4, -0.2) is 74.9 Å². The van der Waals surface area contributed by atoms with Crippen LogP contribution in [0.1, 0.15) is 11.1 Å². The standard InChI is InChI=1S/C18H17N5O.2C2HF3O2/c19-6-13-3-4-17(21-8-13)22-10-15-11-23(18(24)16(15)12-22)9-14-2-1-5-20-7-14;2*3-2(4,5)1(6)7/h1-5,7-8,15-16H,9-12H2;2*(H,6,7)/t15-,16-;;/m0../s1. The first kappa shape index (κ1) is 29.8. The van der Waals surface area contributed by atoms with Crippen LogP contribution in [0.15, 0.2) is 42.9 Å². The molecule has 38 heavy (non-hydrogen) atoms. The Hall–Kier alpha value is -4.42. The lowest BCUT2D eigenvalue weighted by Crippen LogP contribution is -2.32. The van der Waals surface area contributed by atoms with Crippen LogP contribution in [0.2, 0.25) is 0 Å². The third-order valence-corrected chi connectivity index (χ3v) is 5.31. The highest BCUT2D eigenvalue weighted by Crippen LogP contribution is 2.34. The minimum atomic E-state index is -5.08. The summed E-state index contributed by atoms with van der Waals surface area (Å²) in [6.07, 6.45) is -5.03. The van der Waals surface area contributed by atoms with E-state index in [0.717, 1.165) is 24.5 Å². The molecular weight excluding hydrogens is 528 g/mol. The van der Waals surface area contributed by atoms with E-state index in [-0.39, 0.29) is 11.8 Å². The van der Waals surface area contributed by atoms with Crippen molar-refractivity contribution in [1.29, 1.82) is 5.26 Å². The van der Waals surface area contributed by atoms with Gasteiger partial charge in [-0.25, -0.2) is 14.6 Å². The van der Waals surface area contributed by atoms with Crippen LogP contribution < -0.4 is 4.90 Å².